The normalized spacial score (nSPS) is 12.3. The third-order valence-corrected chi connectivity index (χ3v) is 5.55. The van der Waals surface area contributed by atoms with E-state index in [2.05, 4.69) is 18.9 Å². The molecule has 0 aliphatic carbocycles. The van der Waals surface area contributed by atoms with E-state index < -0.39 is 0 Å². The Kier molecular flexibility index (Phi) is 5.40. The predicted octanol–water partition coefficient (Wildman–Crippen LogP) is 4.98. The molecule has 154 valence electrons. The van der Waals surface area contributed by atoms with Crippen LogP contribution in [0.25, 0.3) is 22.5 Å². The van der Waals surface area contributed by atoms with E-state index in [1.165, 1.54) is 0 Å². The van der Waals surface area contributed by atoms with Crippen molar-refractivity contribution >= 4 is 16.9 Å². The third kappa shape index (κ3) is 3.61. The molecule has 0 aliphatic rings. The summed E-state index contributed by atoms with van der Waals surface area (Å²) in [6.07, 6.45) is 2.47. The Morgan fingerprint density at radius 1 is 1.20 bits per heavy atom. The van der Waals surface area contributed by atoms with Gasteiger partial charge in [-0.25, -0.2) is 4.98 Å². The van der Waals surface area contributed by atoms with Gasteiger partial charge in [0.05, 0.1) is 22.9 Å². The monoisotopic (exact) mass is 402 g/mol. The average molecular weight is 402 g/mol. The number of amides is 1. The van der Waals surface area contributed by atoms with Crippen LogP contribution >= 0.6 is 0 Å². The van der Waals surface area contributed by atoms with E-state index in [4.69, 9.17) is 9.40 Å². The van der Waals surface area contributed by atoms with E-state index in [1.54, 1.807) is 10.9 Å². The van der Waals surface area contributed by atoms with Gasteiger partial charge in [0.2, 0.25) is 0 Å². The zero-order valence-electron chi connectivity index (χ0n) is 17.8. The highest BCUT2D eigenvalue weighted by molar-refractivity contribution is 6.07. The molecule has 6 heteroatoms. The second kappa shape index (κ2) is 8.14. The number of fused-ring (bicyclic) bond motifs is 1. The molecule has 0 saturated heterocycles. The van der Waals surface area contributed by atoms with Crippen LogP contribution in [-0.4, -0.2) is 31.6 Å². The molecule has 0 spiro atoms. The molecule has 3 aromatic heterocycles. The minimum Gasteiger partial charge on any atom is -0.463 e. The molecule has 0 radical (unpaired) electrons. The zero-order valence-corrected chi connectivity index (χ0v) is 17.8. The molecule has 30 heavy (non-hydrogen) atoms. The molecule has 4 rings (SSSR count). The molecule has 0 saturated carbocycles. The number of aromatic nitrogens is 3. The number of carbonyl (C=O) groups is 1. The molecule has 1 aromatic carbocycles. The largest absolute Gasteiger partial charge is 0.463 e. The highest BCUT2D eigenvalue weighted by Gasteiger charge is 2.26. The number of nitrogens with zero attached hydrogens (tertiary/aromatic N) is 4. The number of furan rings is 1. The van der Waals surface area contributed by atoms with Crippen LogP contribution in [0.3, 0.4) is 0 Å². The third-order valence-electron chi connectivity index (χ3n) is 5.55. The SMILES string of the molecule is CCC(C)N(Cc1ccccc1)C(=O)c1cc(-c2ccco2)nc2c1c(C)nn2C. The fourth-order valence-corrected chi connectivity index (χ4v) is 3.75. The van der Waals surface area contributed by atoms with Crippen molar-refractivity contribution in [1.82, 2.24) is 19.7 Å². The first kappa shape index (κ1) is 19.9. The Morgan fingerprint density at radius 3 is 2.63 bits per heavy atom. The lowest BCUT2D eigenvalue weighted by Crippen LogP contribution is -2.38. The van der Waals surface area contributed by atoms with E-state index >= 15 is 0 Å². The van der Waals surface area contributed by atoms with Crippen LogP contribution in [0, 0.1) is 6.92 Å². The van der Waals surface area contributed by atoms with Crippen LogP contribution in [0.15, 0.2) is 59.2 Å². The summed E-state index contributed by atoms with van der Waals surface area (Å²) in [4.78, 5) is 20.5. The van der Waals surface area contributed by atoms with E-state index in [1.807, 2.05) is 67.4 Å². The minimum absolute atomic E-state index is 0.0236. The van der Waals surface area contributed by atoms with Crippen molar-refractivity contribution in [2.24, 2.45) is 7.05 Å². The molecular weight excluding hydrogens is 376 g/mol. The van der Waals surface area contributed by atoms with Gasteiger partial charge in [0.25, 0.3) is 5.91 Å². The van der Waals surface area contributed by atoms with Gasteiger partial charge in [0.15, 0.2) is 11.4 Å². The average Bonchev–Trinajstić information content (AvgIpc) is 3.40. The van der Waals surface area contributed by atoms with Gasteiger partial charge in [0, 0.05) is 19.6 Å². The number of carbonyl (C=O) groups excluding carboxylic acids is 1. The zero-order chi connectivity index (χ0) is 21.3. The van der Waals surface area contributed by atoms with Crippen LogP contribution in [-0.2, 0) is 13.6 Å². The number of aryl methyl sites for hydroxylation is 2. The fraction of sp³-hybridized carbons (Fsp3) is 0.292. The van der Waals surface area contributed by atoms with Crippen molar-refractivity contribution in [2.45, 2.75) is 39.8 Å². The highest BCUT2D eigenvalue weighted by atomic mass is 16.3. The van der Waals surface area contributed by atoms with Crippen LogP contribution in [0.4, 0.5) is 0 Å². The molecule has 4 aromatic rings. The maximum Gasteiger partial charge on any atom is 0.255 e. The first-order valence-corrected chi connectivity index (χ1v) is 10.2. The van der Waals surface area contributed by atoms with Crippen molar-refractivity contribution in [3.05, 3.63) is 71.6 Å². The Morgan fingerprint density at radius 2 is 1.97 bits per heavy atom. The smallest absolute Gasteiger partial charge is 0.255 e. The van der Waals surface area contributed by atoms with Crippen LogP contribution in [0.5, 0.6) is 0 Å². The first-order valence-electron chi connectivity index (χ1n) is 10.2. The lowest BCUT2D eigenvalue weighted by molar-refractivity contribution is 0.0673. The maximum atomic E-state index is 13.9. The topological polar surface area (TPSA) is 64.2 Å². The van der Waals surface area contributed by atoms with Gasteiger partial charge in [0.1, 0.15) is 5.69 Å². The summed E-state index contributed by atoms with van der Waals surface area (Å²) in [6, 6.07) is 15.7. The molecule has 3 heterocycles. The van der Waals surface area contributed by atoms with Gasteiger partial charge in [-0.15, -0.1) is 0 Å². The van der Waals surface area contributed by atoms with Gasteiger partial charge in [-0.3, -0.25) is 9.48 Å². The second-order valence-electron chi connectivity index (χ2n) is 7.62. The van der Waals surface area contributed by atoms with E-state index in [-0.39, 0.29) is 11.9 Å². The van der Waals surface area contributed by atoms with E-state index in [0.29, 0.717) is 29.2 Å². The lowest BCUT2D eigenvalue weighted by atomic mass is 10.0. The van der Waals surface area contributed by atoms with Crippen molar-refractivity contribution in [2.75, 3.05) is 0 Å². The summed E-state index contributed by atoms with van der Waals surface area (Å²) in [5.41, 5.74) is 3.80. The molecule has 0 aliphatic heterocycles. The number of benzene rings is 1. The van der Waals surface area contributed by atoms with E-state index in [0.717, 1.165) is 23.1 Å². The molecule has 0 bridgehead atoms. The molecular formula is C24H26N4O2. The molecule has 0 fully saturated rings. The van der Waals surface area contributed by atoms with Crippen LogP contribution < -0.4 is 0 Å². The summed E-state index contributed by atoms with van der Waals surface area (Å²) in [7, 11) is 1.85. The second-order valence-corrected chi connectivity index (χ2v) is 7.62. The maximum absolute atomic E-state index is 13.9. The predicted molar refractivity (Wildman–Crippen MR) is 117 cm³/mol. The van der Waals surface area contributed by atoms with Gasteiger partial charge in [-0.1, -0.05) is 37.3 Å². The van der Waals surface area contributed by atoms with Crippen LogP contribution in [0.2, 0.25) is 0 Å². The van der Waals surface area contributed by atoms with Gasteiger partial charge < -0.3 is 9.32 Å². The van der Waals surface area contributed by atoms with Gasteiger partial charge >= 0.3 is 0 Å². The highest BCUT2D eigenvalue weighted by Crippen LogP contribution is 2.29. The van der Waals surface area contributed by atoms with Crippen molar-refractivity contribution in [3.8, 4) is 11.5 Å². The molecule has 1 unspecified atom stereocenters. The van der Waals surface area contributed by atoms with Crippen molar-refractivity contribution < 1.29 is 9.21 Å². The minimum atomic E-state index is -0.0236. The summed E-state index contributed by atoms with van der Waals surface area (Å²) in [5, 5.41) is 5.31. The van der Waals surface area contributed by atoms with E-state index in [9.17, 15) is 4.79 Å². The molecule has 1 amide bonds. The molecule has 1 atom stereocenters. The number of rotatable bonds is 6. The Hall–Kier alpha value is -3.41. The number of hydrogen-bond donors (Lipinski definition) is 0. The van der Waals surface area contributed by atoms with Gasteiger partial charge in [-0.05, 0) is 44.0 Å². The summed E-state index contributed by atoms with van der Waals surface area (Å²) >= 11 is 0. The standard InChI is InChI=1S/C24H26N4O2/c1-5-16(2)28(15-18-10-7-6-8-11-18)24(29)19-14-20(21-12-9-13-30-21)25-23-22(19)17(3)26-27(23)4/h6-14,16H,5,15H2,1-4H3. The summed E-state index contributed by atoms with van der Waals surface area (Å²) in [6.45, 7) is 6.65. The lowest BCUT2D eigenvalue weighted by Gasteiger charge is -2.29. The fourth-order valence-electron chi connectivity index (χ4n) is 3.75. The van der Waals surface area contributed by atoms with Crippen molar-refractivity contribution in [1.29, 1.82) is 0 Å². The van der Waals surface area contributed by atoms with Gasteiger partial charge in [-0.2, -0.15) is 5.10 Å². The van der Waals surface area contributed by atoms with Crippen molar-refractivity contribution in [3.63, 3.8) is 0 Å². The molecule has 6 nitrogen and oxygen atoms in total. The Labute approximate surface area is 176 Å². The number of hydrogen-bond acceptors (Lipinski definition) is 4. The summed E-state index contributed by atoms with van der Waals surface area (Å²) < 4.78 is 7.28. The molecule has 0 N–H and O–H groups in total. The quantitative estimate of drug-likeness (QED) is 0.456. The Bertz CT molecular complexity index is 1160. The van der Waals surface area contributed by atoms with Crippen LogP contribution in [0.1, 0.15) is 41.9 Å². The summed E-state index contributed by atoms with van der Waals surface area (Å²) in [5.74, 6) is 0.604. The number of pyridine rings is 1. The Balaban J connectivity index is 1.85. The first-order chi connectivity index (χ1) is 14.5.